The Kier molecular flexibility index (Phi) is 6.55. The van der Waals surface area contributed by atoms with Crippen LogP contribution in [0.3, 0.4) is 0 Å². The van der Waals surface area contributed by atoms with Gasteiger partial charge >= 0.3 is 0 Å². The first-order valence-electron chi connectivity index (χ1n) is 16.0. The first kappa shape index (κ1) is 28.3. The van der Waals surface area contributed by atoms with E-state index in [9.17, 15) is 5.11 Å². The number of halogens is 1. The Balaban J connectivity index is 0.948. The fourth-order valence-corrected chi connectivity index (χ4v) is 9.84. The second-order valence-corrected chi connectivity index (χ2v) is 15.3. The van der Waals surface area contributed by atoms with E-state index in [-0.39, 0.29) is 5.88 Å². The number of aliphatic imine (C=N–C) groups is 1. The van der Waals surface area contributed by atoms with E-state index in [0.717, 1.165) is 55.4 Å². The van der Waals surface area contributed by atoms with Gasteiger partial charge in [-0.1, -0.05) is 42.6 Å². The van der Waals surface area contributed by atoms with Crippen molar-refractivity contribution in [2.24, 2.45) is 21.2 Å². The van der Waals surface area contributed by atoms with Crippen LogP contribution in [0.25, 0.3) is 0 Å². The molecule has 3 aliphatic carbocycles. The van der Waals surface area contributed by atoms with Gasteiger partial charge in [-0.25, -0.2) is 9.97 Å². The van der Waals surface area contributed by atoms with Crippen LogP contribution in [0.15, 0.2) is 75.3 Å². The maximum Gasteiger partial charge on any atom is 0.224 e. The van der Waals surface area contributed by atoms with Gasteiger partial charge in [-0.3, -0.25) is 0 Å². The molecule has 3 spiro atoms. The molecule has 0 radical (unpaired) electrons. The van der Waals surface area contributed by atoms with Gasteiger partial charge in [0.2, 0.25) is 5.88 Å². The predicted octanol–water partition coefficient (Wildman–Crippen LogP) is 7.91. The number of benzene rings is 1. The molecular formula is C34H40ClN7OS. The molecule has 230 valence electrons. The molecule has 5 fully saturated rings. The number of piperidine rings is 2. The summed E-state index contributed by atoms with van der Waals surface area (Å²) in [5, 5.41) is 15.1. The number of nitrogens with two attached hydrogens (primary N) is 1. The minimum absolute atomic E-state index is 0.0727. The number of nitrogens with zero attached hydrogens (tertiary/aromatic N) is 5. The summed E-state index contributed by atoms with van der Waals surface area (Å²) in [7, 11) is 0. The van der Waals surface area contributed by atoms with Crippen LogP contribution in [-0.2, 0) is 0 Å². The van der Waals surface area contributed by atoms with Crippen LogP contribution in [0, 0.1) is 16.2 Å². The normalized spacial score (nSPS) is 24.1. The smallest absolute Gasteiger partial charge is 0.224 e. The van der Waals surface area contributed by atoms with Crippen molar-refractivity contribution < 1.29 is 5.11 Å². The van der Waals surface area contributed by atoms with Crippen LogP contribution < -0.4 is 16.0 Å². The van der Waals surface area contributed by atoms with Crippen LogP contribution in [0.1, 0.15) is 70.6 Å². The Hall–Kier alpha value is -3.17. The lowest BCUT2D eigenvalue weighted by Gasteiger charge is -2.44. The zero-order valence-electron chi connectivity index (χ0n) is 25.2. The monoisotopic (exact) mass is 629 g/mol. The molecule has 0 atom stereocenters. The summed E-state index contributed by atoms with van der Waals surface area (Å²) in [6, 6.07) is 5.72. The lowest BCUT2D eigenvalue weighted by Crippen LogP contribution is -2.43. The number of hydrogen-bond donors (Lipinski definition) is 3. The summed E-state index contributed by atoms with van der Waals surface area (Å²) in [5.41, 5.74) is 10.7. The van der Waals surface area contributed by atoms with Gasteiger partial charge in [0.1, 0.15) is 16.7 Å². The molecule has 0 bridgehead atoms. The van der Waals surface area contributed by atoms with Gasteiger partial charge in [-0.2, -0.15) is 4.99 Å². The zero-order valence-corrected chi connectivity index (χ0v) is 26.7. The summed E-state index contributed by atoms with van der Waals surface area (Å²) in [6.45, 7) is 11.3. The van der Waals surface area contributed by atoms with Crippen LogP contribution in [0.2, 0.25) is 5.02 Å². The summed E-state index contributed by atoms with van der Waals surface area (Å²) < 4.78 is 0. The van der Waals surface area contributed by atoms with E-state index in [1.165, 1.54) is 63.1 Å². The summed E-state index contributed by atoms with van der Waals surface area (Å²) in [6.07, 6.45) is 16.1. The van der Waals surface area contributed by atoms with E-state index in [1.54, 1.807) is 0 Å². The topological polar surface area (TPSA) is 103 Å². The highest BCUT2D eigenvalue weighted by atomic mass is 35.5. The SMILES string of the molecule is C=C(Nc1cccc(Sc2ncc(N3CCC4(CC3)CC3(CC3)CC43CC3)nc2N)c1Cl)C1=C(O)N=C2CCCCN2C1=C. The second kappa shape index (κ2) is 10.2. The molecule has 2 saturated heterocycles. The number of hydrogen-bond acceptors (Lipinski definition) is 9. The molecule has 2 aromatic rings. The molecule has 4 N–H and O–H groups in total. The standard InChI is InChI=1S/C34H40ClN7OS/c1-21(27-22(2)42-15-4-3-8-25(42)40-30(27)43)38-23-6-5-7-24(28(23)35)44-31-29(36)39-26(18-37-31)41-16-13-34(14-17-41)20-32(9-10-32)19-33(34)11-12-33/h5-7,18,38,43H,1-4,8-17,19-20H2,(H2,36,39). The summed E-state index contributed by atoms with van der Waals surface area (Å²) in [4.78, 5) is 19.2. The van der Waals surface area contributed by atoms with Crippen molar-refractivity contribution in [2.75, 3.05) is 35.6 Å². The molecule has 3 aliphatic heterocycles. The molecule has 44 heavy (non-hydrogen) atoms. The van der Waals surface area contributed by atoms with E-state index in [4.69, 9.17) is 27.3 Å². The summed E-state index contributed by atoms with van der Waals surface area (Å²) >= 11 is 8.27. The van der Waals surface area contributed by atoms with Crippen LogP contribution in [0.4, 0.5) is 17.3 Å². The third kappa shape index (κ3) is 4.61. The first-order chi connectivity index (χ1) is 21.2. The lowest BCUT2D eigenvalue weighted by atomic mass is 9.68. The number of fused-ring (bicyclic) bond motifs is 2. The third-order valence-corrected chi connectivity index (χ3v) is 12.9. The van der Waals surface area contributed by atoms with Crippen molar-refractivity contribution in [3.05, 3.63) is 65.4 Å². The maximum atomic E-state index is 10.7. The van der Waals surface area contributed by atoms with E-state index in [2.05, 4.69) is 33.3 Å². The molecular weight excluding hydrogens is 590 g/mol. The molecule has 0 unspecified atom stereocenters. The molecule has 10 heteroatoms. The number of anilines is 3. The average molecular weight is 630 g/mol. The number of aliphatic hydroxyl groups excluding tert-OH is 1. The Morgan fingerprint density at radius 3 is 2.50 bits per heavy atom. The molecule has 1 aromatic carbocycles. The molecule has 4 heterocycles. The number of nitrogens with one attached hydrogen (secondary N) is 1. The van der Waals surface area contributed by atoms with Crippen molar-refractivity contribution in [2.45, 2.75) is 80.6 Å². The first-order valence-corrected chi connectivity index (χ1v) is 17.2. The highest BCUT2D eigenvalue weighted by molar-refractivity contribution is 7.99. The van der Waals surface area contributed by atoms with Gasteiger partial charge in [0.15, 0.2) is 5.82 Å². The number of nitrogen functional groups attached to an aromatic ring is 1. The molecule has 1 aromatic heterocycles. The zero-order chi connectivity index (χ0) is 30.3. The van der Waals surface area contributed by atoms with Crippen molar-refractivity contribution in [3.8, 4) is 0 Å². The Morgan fingerprint density at radius 2 is 1.80 bits per heavy atom. The van der Waals surface area contributed by atoms with Gasteiger partial charge in [0, 0.05) is 42.3 Å². The molecule has 8 nitrogen and oxygen atoms in total. The molecule has 3 saturated carbocycles. The minimum Gasteiger partial charge on any atom is -0.493 e. The quantitative estimate of drug-likeness (QED) is 0.296. The minimum atomic E-state index is -0.0727. The highest BCUT2D eigenvalue weighted by Gasteiger charge is 2.70. The molecule has 0 amide bonds. The van der Waals surface area contributed by atoms with E-state index >= 15 is 0 Å². The second-order valence-electron chi connectivity index (χ2n) is 13.9. The lowest BCUT2D eigenvalue weighted by molar-refractivity contribution is 0.128. The van der Waals surface area contributed by atoms with Crippen molar-refractivity contribution >= 4 is 46.5 Å². The molecule has 8 rings (SSSR count). The Labute approximate surface area is 268 Å². The van der Waals surface area contributed by atoms with Gasteiger partial charge in [-0.05, 0) is 92.6 Å². The van der Waals surface area contributed by atoms with Crippen molar-refractivity contribution in [1.82, 2.24) is 14.9 Å². The van der Waals surface area contributed by atoms with Gasteiger partial charge in [-0.15, -0.1) is 0 Å². The third-order valence-electron chi connectivity index (χ3n) is 11.3. The fraction of sp³-hybridized carbons (Fsp3) is 0.500. The van der Waals surface area contributed by atoms with Gasteiger partial charge < -0.3 is 26.0 Å². The summed E-state index contributed by atoms with van der Waals surface area (Å²) in [5.74, 6) is 2.06. The van der Waals surface area contributed by atoms with Crippen LogP contribution >= 0.6 is 23.4 Å². The highest BCUT2D eigenvalue weighted by Crippen LogP contribution is 2.80. The molecule has 6 aliphatic rings. The number of aliphatic hydroxyl groups is 1. The van der Waals surface area contributed by atoms with Gasteiger partial charge in [0.05, 0.1) is 22.5 Å². The van der Waals surface area contributed by atoms with Crippen molar-refractivity contribution in [1.29, 1.82) is 0 Å². The Morgan fingerprint density at radius 1 is 1.05 bits per heavy atom. The number of aromatic nitrogens is 2. The number of amidine groups is 1. The van der Waals surface area contributed by atoms with E-state index in [1.807, 2.05) is 24.4 Å². The maximum absolute atomic E-state index is 10.7. The van der Waals surface area contributed by atoms with E-state index < -0.39 is 0 Å². The van der Waals surface area contributed by atoms with E-state index in [0.29, 0.717) is 54.8 Å². The Bertz CT molecular complexity index is 1630. The largest absolute Gasteiger partial charge is 0.493 e. The fourth-order valence-electron chi connectivity index (χ4n) is 8.74. The van der Waals surface area contributed by atoms with Crippen LogP contribution in [0.5, 0.6) is 0 Å². The predicted molar refractivity (Wildman–Crippen MR) is 178 cm³/mol. The van der Waals surface area contributed by atoms with Crippen LogP contribution in [-0.4, -0.2) is 45.4 Å². The van der Waals surface area contributed by atoms with Gasteiger partial charge in [0.25, 0.3) is 0 Å². The number of rotatable bonds is 6. The van der Waals surface area contributed by atoms with Crippen molar-refractivity contribution in [3.63, 3.8) is 0 Å². The average Bonchev–Trinajstić information content (AvgIpc) is 3.93.